The first-order chi connectivity index (χ1) is 30.6. The number of allylic oxidation sites excluding steroid dienone is 1. The van der Waals surface area contributed by atoms with Gasteiger partial charge < -0.3 is 24.3 Å². The highest BCUT2D eigenvalue weighted by molar-refractivity contribution is 6.66. The van der Waals surface area contributed by atoms with Crippen LogP contribution in [0.1, 0.15) is 31.9 Å². The summed E-state index contributed by atoms with van der Waals surface area (Å²) in [5.41, 5.74) is 5.75. The summed E-state index contributed by atoms with van der Waals surface area (Å²) >= 11 is 4.71. The summed E-state index contributed by atoms with van der Waals surface area (Å²) in [5.74, 6) is 1.13. The Hall–Kier alpha value is -6.80. The van der Waals surface area contributed by atoms with Crippen molar-refractivity contribution in [3.8, 4) is 22.3 Å². The smallest absolute Gasteiger partial charge is 0.410 e. The molecule has 6 aromatic rings. The van der Waals surface area contributed by atoms with Gasteiger partial charge in [-0.25, -0.2) is 33.5 Å². The molecular formula is C49H51ClF2N8O4. The van der Waals surface area contributed by atoms with Crippen molar-refractivity contribution < 1.29 is 27.9 Å². The number of carbonyl (C=O) groups is 3. The van der Waals surface area contributed by atoms with Crippen LogP contribution in [-0.2, 0) is 14.3 Å². The largest absolute Gasteiger partial charge is 0.444 e. The molecule has 2 saturated heterocycles. The number of piperazine rings is 2. The predicted molar refractivity (Wildman–Crippen MR) is 249 cm³/mol. The highest BCUT2D eigenvalue weighted by atomic mass is 35.5. The lowest BCUT2D eigenvalue weighted by Crippen LogP contribution is -2.50. The topological polar surface area (TPSA) is 125 Å². The van der Waals surface area contributed by atoms with Crippen LogP contribution in [0.25, 0.3) is 44.1 Å². The molecule has 2 fully saturated rings. The van der Waals surface area contributed by atoms with E-state index in [1.165, 1.54) is 18.2 Å². The molecular weight excluding hydrogens is 838 g/mol. The number of ether oxygens (including phenoxy) is 1. The van der Waals surface area contributed by atoms with Crippen molar-refractivity contribution in [1.29, 1.82) is 0 Å². The van der Waals surface area contributed by atoms with E-state index in [4.69, 9.17) is 16.3 Å². The Morgan fingerprint density at radius 1 is 0.625 bits per heavy atom. The molecule has 0 spiro atoms. The molecule has 4 aromatic carbocycles. The number of rotatable bonds is 6. The Labute approximate surface area is 376 Å². The molecule has 64 heavy (non-hydrogen) atoms. The van der Waals surface area contributed by atoms with E-state index in [0.717, 1.165) is 61.8 Å². The minimum Gasteiger partial charge on any atom is -0.444 e. The molecule has 12 nitrogen and oxygen atoms in total. The van der Waals surface area contributed by atoms with Gasteiger partial charge in [-0.15, -0.1) is 0 Å². The SMILES string of the molecule is C=CC(=O)Cl.C=CC(=O)N1CCN(c2ncnc3cc(-c4ccccc4F)c(C)cc23)CC1.Cc1cc2c(N3CCN(C(=O)OC(C)(C)C)CC3)ncnc2cc1-c1ccccc1F. The number of aryl methyl sites for hydroxylation is 2. The molecule has 0 radical (unpaired) electrons. The summed E-state index contributed by atoms with van der Waals surface area (Å²) in [6, 6.07) is 21.4. The summed E-state index contributed by atoms with van der Waals surface area (Å²) in [5, 5.41) is 1.35. The fraction of sp³-hybridized carbons (Fsp3) is 0.286. The van der Waals surface area contributed by atoms with Gasteiger partial charge in [0.05, 0.1) is 11.0 Å². The maximum atomic E-state index is 14.3. The minimum absolute atomic E-state index is 0.0439. The number of anilines is 2. The fourth-order valence-corrected chi connectivity index (χ4v) is 7.53. The van der Waals surface area contributed by atoms with Crippen molar-refractivity contribution in [3.05, 3.63) is 134 Å². The van der Waals surface area contributed by atoms with Gasteiger partial charge in [0.15, 0.2) is 0 Å². The van der Waals surface area contributed by atoms with Crippen LogP contribution in [0.15, 0.2) is 111 Å². The molecule has 0 aliphatic carbocycles. The zero-order chi connectivity index (χ0) is 46.1. The highest BCUT2D eigenvalue weighted by Crippen LogP contribution is 2.34. The Bertz CT molecular complexity index is 2690. The monoisotopic (exact) mass is 888 g/mol. The molecule has 0 bridgehead atoms. The number of amides is 2. The third-order valence-corrected chi connectivity index (χ3v) is 10.9. The molecule has 15 heteroatoms. The van der Waals surface area contributed by atoms with Gasteiger partial charge >= 0.3 is 6.09 Å². The lowest BCUT2D eigenvalue weighted by atomic mass is 9.98. The van der Waals surface area contributed by atoms with Gasteiger partial charge in [-0.2, -0.15) is 0 Å². The van der Waals surface area contributed by atoms with Gasteiger partial charge in [-0.1, -0.05) is 49.6 Å². The summed E-state index contributed by atoms with van der Waals surface area (Å²) in [6.07, 6.45) is 5.19. The molecule has 2 aliphatic rings. The quantitative estimate of drug-likeness (QED) is 0.118. The number of hydrogen-bond donors (Lipinski definition) is 0. The molecule has 0 unspecified atom stereocenters. The van der Waals surface area contributed by atoms with E-state index in [1.807, 2.05) is 71.0 Å². The fourth-order valence-electron chi connectivity index (χ4n) is 7.53. The normalized spacial score (nSPS) is 13.9. The zero-order valence-electron chi connectivity index (χ0n) is 36.7. The van der Waals surface area contributed by atoms with Gasteiger partial charge in [0.25, 0.3) is 0 Å². The molecule has 2 aromatic heterocycles. The van der Waals surface area contributed by atoms with Crippen molar-refractivity contribution in [2.75, 3.05) is 62.2 Å². The van der Waals surface area contributed by atoms with E-state index >= 15 is 0 Å². The Balaban J connectivity index is 0.000000193. The third kappa shape index (κ3) is 11.2. The lowest BCUT2D eigenvalue weighted by Gasteiger charge is -2.36. The molecule has 8 rings (SSSR count). The first-order valence-corrected chi connectivity index (χ1v) is 21.2. The van der Waals surface area contributed by atoms with Crippen LogP contribution < -0.4 is 9.80 Å². The maximum absolute atomic E-state index is 14.3. The number of fused-ring (bicyclic) bond motifs is 2. The van der Waals surface area contributed by atoms with Crippen LogP contribution in [0.2, 0.25) is 0 Å². The summed E-state index contributed by atoms with van der Waals surface area (Å²) in [7, 11) is 0. The average molecular weight is 889 g/mol. The number of hydrogen-bond acceptors (Lipinski definition) is 10. The minimum atomic E-state index is -0.509. The van der Waals surface area contributed by atoms with Gasteiger partial charge in [0.2, 0.25) is 11.1 Å². The second-order valence-corrected chi connectivity index (χ2v) is 16.6. The number of aromatic nitrogens is 4. The van der Waals surface area contributed by atoms with E-state index in [0.29, 0.717) is 63.5 Å². The maximum Gasteiger partial charge on any atom is 0.410 e. The van der Waals surface area contributed by atoms with Crippen LogP contribution in [0.4, 0.5) is 25.2 Å². The summed E-state index contributed by atoms with van der Waals surface area (Å²) in [6.45, 7) is 21.2. The number of benzene rings is 4. The van der Waals surface area contributed by atoms with Crippen LogP contribution >= 0.6 is 11.6 Å². The first-order valence-electron chi connectivity index (χ1n) is 20.8. The van der Waals surface area contributed by atoms with Crippen molar-refractivity contribution in [1.82, 2.24) is 29.7 Å². The van der Waals surface area contributed by atoms with Crippen LogP contribution in [0.3, 0.4) is 0 Å². The van der Waals surface area contributed by atoms with Crippen molar-refractivity contribution in [3.63, 3.8) is 0 Å². The van der Waals surface area contributed by atoms with Gasteiger partial charge in [0.1, 0.15) is 41.5 Å². The Kier molecular flexibility index (Phi) is 15.0. The zero-order valence-corrected chi connectivity index (χ0v) is 37.4. The summed E-state index contributed by atoms with van der Waals surface area (Å²) in [4.78, 5) is 59.3. The Morgan fingerprint density at radius 2 is 1.03 bits per heavy atom. The predicted octanol–water partition coefficient (Wildman–Crippen LogP) is 9.32. The van der Waals surface area contributed by atoms with Gasteiger partial charge in [-0.3, -0.25) is 9.59 Å². The molecule has 0 atom stereocenters. The van der Waals surface area contributed by atoms with Crippen LogP contribution in [0.5, 0.6) is 0 Å². The molecule has 2 amide bonds. The van der Waals surface area contributed by atoms with Crippen molar-refractivity contribution >= 4 is 62.3 Å². The summed E-state index contributed by atoms with van der Waals surface area (Å²) < 4.78 is 34.1. The molecule has 0 saturated carbocycles. The van der Waals surface area contributed by atoms with Crippen LogP contribution in [0, 0.1) is 25.5 Å². The number of halogens is 3. The second kappa shape index (κ2) is 20.6. The lowest BCUT2D eigenvalue weighted by molar-refractivity contribution is -0.126. The van der Waals surface area contributed by atoms with E-state index in [9.17, 15) is 23.2 Å². The number of carbonyl (C=O) groups excluding carboxylic acids is 3. The van der Waals surface area contributed by atoms with E-state index in [1.54, 1.807) is 46.7 Å². The molecule has 4 heterocycles. The number of nitrogens with zero attached hydrogens (tertiary/aromatic N) is 8. The van der Waals surface area contributed by atoms with E-state index in [-0.39, 0.29) is 23.6 Å². The highest BCUT2D eigenvalue weighted by Gasteiger charge is 2.28. The third-order valence-electron chi connectivity index (χ3n) is 10.7. The van der Waals surface area contributed by atoms with Crippen molar-refractivity contribution in [2.45, 2.75) is 40.2 Å². The van der Waals surface area contributed by atoms with Crippen LogP contribution in [-0.4, -0.2) is 105 Å². The Morgan fingerprint density at radius 3 is 1.41 bits per heavy atom. The second-order valence-electron chi connectivity index (χ2n) is 16.2. The van der Waals surface area contributed by atoms with Gasteiger partial charge in [0, 0.05) is 74.3 Å². The molecule has 2 aliphatic heterocycles. The van der Waals surface area contributed by atoms with Gasteiger partial charge in [-0.05, 0) is 117 Å². The van der Waals surface area contributed by atoms with E-state index in [2.05, 4.69) is 42.9 Å². The standard InChI is InChI=1S/C24H27FN4O2.C22H21FN4O.C3H3ClO/c1-16-13-19-21(14-18(16)17-7-5-6-8-20(17)25)26-15-27-22(19)28-9-11-29(12-10-28)23(30)31-24(2,3)4;1-3-21(28)26-8-10-27(11-9-26)22-18-12-15(2)17(13-20(18)24-14-25-22)16-6-4-5-7-19(16)23;1-2-3(4)5/h5-8,13-15H,9-12H2,1-4H3;3-7,12-14H,1,8-11H2,2H3;2H,1H2. The first kappa shape index (κ1) is 46.7. The van der Waals surface area contributed by atoms with E-state index < -0.39 is 10.8 Å². The molecule has 332 valence electrons. The average Bonchev–Trinajstić information content (AvgIpc) is 3.28. The molecule has 0 N–H and O–H groups in total. The van der Waals surface area contributed by atoms with Crippen molar-refractivity contribution in [2.24, 2.45) is 0 Å².